The van der Waals surface area contributed by atoms with Crippen molar-refractivity contribution in [1.82, 2.24) is 4.98 Å². The highest BCUT2D eigenvalue weighted by molar-refractivity contribution is 7.17. The summed E-state index contributed by atoms with van der Waals surface area (Å²) in [5, 5.41) is 5.37. The van der Waals surface area contributed by atoms with Crippen LogP contribution in [0.3, 0.4) is 0 Å². The summed E-state index contributed by atoms with van der Waals surface area (Å²) in [6.07, 6.45) is 2.35. The zero-order chi connectivity index (χ0) is 23.2. The molecule has 0 aliphatic heterocycles. The summed E-state index contributed by atoms with van der Waals surface area (Å²) in [6.45, 7) is 2.14. The Kier molecular flexibility index (Phi) is 6.80. The monoisotopic (exact) mass is 466 g/mol. The van der Waals surface area contributed by atoms with Crippen molar-refractivity contribution in [2.45, 2.75) is 13.5 Å². The molecule has 7 nitrogen and oxygen atoms in total. The van der Waals surface area contributed by atoms with Crippen LogP contribution < -0.4 is 14.8 Å². The number of nitrogens with one attached hydrogen (secondary N) is 1. The molecule has 2 aromatic carbocycles. The fourth-order valence-corrected chi connectivity index (χ4v) is 4.04. The van der Waals surface area contributed by atoms with E-state index in [9.17, 15) is 14.0 Å². The first-order valence-electron chi connectivity index (χ1n) is 10.0. The average molecular weight is 466 g/mol. The number of thiophene rings is 1. The molecular weight excluding hydrogens is 447 g/mol. The number of anilines is 1. The predicted molar refractivity (Wildman–Crippen MR) is 122 cm³/mol. The fraction of sp³-hybridized carbons (Fsp3) is 0.125. The van der Waals surface area contributed by atoms with Crippen LogP contribution in [0.25, 0.3) is 10.1 Å². The maximum atomic E-state index is 13.8. The van der Waals surface area contributed by atoms with Crippen molar-refractivity contribution in [2.75, 3.05) is 11.9 Å². The average Bonchev–Trinajstić information content (AvgIpc) is 3.22. The molecule has 0 saturated carbocycles. The molecule has 0 unspecified atom stereocenters. The molecule has 33 heavy (non-hydrogen) atoms. The molecule has 0 fully saturated rings. The molecule has 9 heteroatoms. The van der Waals surface area contributed by atoms with E-state index in [0.717, 1.165) is 15.6 Å². The summed E-state index contributed by atoms with van der Waals surface area (Å²) in [5.74, 6) is -0.298. The van der Waals surface area contributed by atoms with Gasteiger partial charge >= 0.3 is 6.16 Å². The van der Waals surface area contributed by atoms with E-state index in [-0.39, 0.29) is 18.8 Å². The molecule has 4 rings (SSSR count). The maximum absolute atomic E-state index is 13.8. The van der Waals surface area contributed by atoms with Crippen LogP contribution in [0.1, 0.15) is 22.8 Å². The maximum Gasteiger partial charge on any atom is 0.513 e. The van der Waals surface area contributed by atoms with Crippen LogP contribution in [-0.4, -0.2) is 23.7 Å². The van der Waals surface area contributed by atoms with Crippen LogP contribution >= 0.6 is 11.3 Å². The van der Waals surface area contributed by atoms with E-state index in [1.54, 1.807) is 43.5 Å². The molecule has 1 N–H and O–H groups in total. The lowest BCUT2D eigenvalue weighted by atomic mass is 10.2. The van der Waals surface area contributed by atoms with Gasteiger partial charge in [0.05, 0.1) is 23.1 Å². The van der Waals surface area contributed by atoms with Crippen molar-refractivity contribution in [3.8, 4) is 11.5 Å². The molecular formula is C24H19FN2O5S. The van der Waals surface area contributed by atoms with E-state index in [1.807, 2.05) is 5.38 Å². The van der Waals surface area contributed by atoms with Crippen LogP contribution in [0.4, 0.5) is 14.9 Å². The normalized spacial score (nSPS) is 10.6. The molecule has 4 aromatic rings. The first-order chi connectivity index (χ1) is 16.0. The number of amides is 1. The van der Waals surface area contributed by atoms with E-state index in [4.69, 9.17) is 14.2 Å². The van der Waals surface area contributed by atoms with Gasteiger partial charge in [-0.25, -0.2) is 9.18 Å². The first kappa shape index (κ1) is 22.2. The van der Waals surface area contributed by atoms with Gasteiger partial charge < -0.3 is 19.5 Å². The minimum absolute atomic E-state index is 0.0399. The number of hydrogen-bond acceptors (Lipinski definition) is 7. The van der Waals surface area contributed by atoms with Crippen LogP contribution in [0.2, 0.25) is 0 Å². The lowest BCUT2D eigenvalue weighted by Gasteiger charge is -2.10. The van der Waals surface area contributed by atoms with E-state index in [0.29, 0.717) is 17.2 Å². The smallest absolute Gasteiger partial charge is 0.489 e. The Morgan fingerprint density at radius 1 is 1.12 bits per heavy atom. The molecule has 0 aliphatic carbocycles. The quantitative estimate of drug-likeness (QED) is 0.346. The van der Waals surface area contributed by atoms with Crippen molar-refractivity contribution >= 4 is 39.2 Å². The molecule has 0 radical (unpaired) electrons. The topological polar surface area (TPSA) is 86.8 Å². The number of fused-ring (bicyclic) bond motifs is 1. The highest BCUT2D eigenvalue weighted by Gasteiger charge is 2.15. The molecule has 0 spiro atoms. The van der Waals surface area contributed by atoms with Gasteiger partial charge in [0, 0.05) is 28.9 Å². The molecule has 0 aliphatic rings. The second-order valence-corrected chi connectivity index (χ2v) is 7.69. The van der Waals surface area contributed by atoms with Gasteiger partial charge in [-0.15, -0.1) is 11.3 Å². The number of rotatable bonds is 7. The van der Waals surface area contributed by atoms with Crippen molar-refractivity contribution in [1.29, 1.82) is 0 Å². The van der Waals surface area contributed by atoms with Gasteiger partial charge in [0.25, 0.3) is 5.91 Å². The highest BCUT2D eigenvalue weighted by Crippen LogP contribution is 2.34. The van der Waals surface area contributed by atoms with Gasteiger partial charge in [-0.2, -0.15) is 0 Å². The largest absolute Gasteiger partial charge is 0.513 e. The van der Waals surface area contributed by atoms with Crippen molar-refractivity contribution in [3.05, 3.63) is 83.2 Å². The summed E-state index contributed by atoms with van der Waals surface area (Å²) in [4.78, 5) is 28.1. The second kappa shape index (κ2) is 10.1. The number of pyridine rings is 1. The summed E-state index contributed by atoms with van der Waals surface area (Å²) in [5.41, 5.74) is 1.29. The lowest BCUT2D eigenvalue weighted by Crippen LogP contribution is -2.13. The second-order valence-electron chi connectivity index (χ2n) is 6.81. The Balaban J connectivity index is 1.45. The molecule has 0 saturated heterocycles. The number of carbonyl (C=O) groups excluding carboxylic acids is 2. The molecule has 2 aromatic heterocycles. The summed E-state index contributed by atoms with van der Waals surface area (Å²) in [7, 11) is 0. The van der Waals surface area contributed by atoms with Crippen molar-refractivity contribution in [2.24, 2.45) is 0 Å². The Labute approximate surface area is 192 Å². The molecule has 168 valence electrons. The van der Waals surface area contributed by atoms with Gasteiger partial charge in [-0.3, -0.25) is 9.78 Å². The van der Waals surface area contributed by atoms with Gasteiger partial charge in [0.15, 0.2) is 5.75 Å². The first-order valence-corrected chi connectivity index (χ1v) is 10.9. The van der Waals surface area contributed by atoms with E-state index >= 15 is 0 Å². The molecule has 0 atom stereocenters. The van der Waals surface area contributed by atoms with Gasteiger partial charge in [0.2, 0.25) is 0 Å². The standard InChI is InChI=1S/C24H19FN2O5S/c1-2-30-24(29)32-21-12-26-11-19-15(14-33-22(19)21)13-31-17-7-5-6-16(10-17)27-23(28)18-8-3-4-9-20(18)25/h3-12,14H,2,13H2,1H3,(H,27,28). The summed E-state index contributed by atoms with van der Waals surface area (Å²) in [6, 6.07) is 12.6. The number of halogens is 1. The third-order valence-corrected chi connectivity index (χ3v) is 5.65. The number of nitrogens with zero attached hydrogens (tertiary/aromatic N) is 1. The van der Waals surface area contributed by atoms with Gasteiger partial charge in [0.1, 0.15) is 18.2 Å². The minimum Gasteiger partial charge on any atom is -0.489 e. The Morgan fingerprint density at radius 3 is 2.79 bits per heavy atom. The number of benzene rings is 2. The fourth-order valence-electron chi connectivity index (χ4n) is 3.06. The zero-order valence-corrected chi connectivity index (χ0v) is 18.4. The number of carbonyl (C=O) groups is 2. The van der Waals surface area contributed by atoms with Gasteiger partial charge in [-0.1, -0.05) is 18.2 Å². The zero-order valence-electron chi connectivity index (χ0n) is 17.5. The number of aromatic nitrogens is 1. The molecule has 0 bridgehead atoms. The minimum atomic E-state index is -0.785. The van der Waals surface area contributed by atoms with Crippen LogP contribution in [0.5, 0.6) is 11.5 Å². The number of hydrogen-bond donors (Lipinski definition) is 1. The summed E-state index contributed by atoms with van der Waals surface area (Å²) < 4.78 is 30.5. The van der Waals surface area contributed by atoms with Gasteiger partial charge in [-0.05, 0) is 36.6 Å². The van der Waals surface area contributed by atoms with Crippen molar-refractivity contribution in [3.63, 3.8) is 0 Å². The Hall–Kier alpha value is -3.98. The van der Waals surface area contributed by atoms with E-state index in [1.165, 1.54) is 35.7 Å². The Morgan fingerprint density at radius 2 is 1.97 bits per heavy atom. The highest BCUT2D eigenvalue weighted by atomic mass is 32.1. The van der Waals surface area contributed by atoms with Crippen LogP contribution in [0.15, 0.2) is 66.3 Å². The SMILES string of the molecule is CCOC(=O)Oc1cncc2c(COc3cccc(NC(=O)c4ccccc4F)c3)csc12. The predicted octanol–water partition coefficient (Wildman–Crippen LogP) is 5.80. The van der Waals surface area contributed by atoms with Crippen LogP contribution in [-0.2, 0) is 11.3 Å². The Bertz CT molecular complexity index is 1310. The number of ether oxygens (including phenoxy) is 3. The third kappa shape index (κ3) is 5.27. The molecule has 1 amide bonds. The molecule has 2 heterocycles. The summed E-state index contributed by atoms with van der Waals surface area (Å²) >= 11 is 1.40. The lowest BCUT2D eigenvalue weighted by molar-refractivity contribution is 0.102. The van der Waals surface area contributed by atoms with Crippen molar-refractivity contribution < 1.29 is 28.2 Å². The third-order valence-electron chi connectivity index (χ3n) is 4.59. The van der Waals surface area contributed by atoms with Crippen LogP contribution in [0, 0.1) is 5.82 Å². The van der Waals surface area contributed by atoms with E-state index < -0.39 is 17.9 Å². The van der Waals surface area contributed by atoms with E-state index in [2.05, 4.69) is 10.3 Å².